The second-order valence-electron chi connectivity index (χ2n) is 10.6. The Morgan fingerprint density at radius 3 is 2.39 bits per heavy atom. The van der Waals surface area contributed by atoms with Crippen molar-refractivity contribution in [2.24, 2.45) is 11.1 Å². The first-order valence-electron chi connectivity index (χ1n) is 13.6. The average molecular weight is 637 g/mol. The van der Waals surface area contributed by atoms with E-state index in [0.717, 1.165) is 41.0 Å². The Hall–Kier alpha value is -4.46. The molecule has 2 aromatic heterocycles. The Morgan fingerprint density at radius 2 is 1.75 bits per heavy atom. The quantitative estimate of drug-likeness (QED) is 0.189. The molecule has 13 heteroatoms. The lowest BCUT2D eigenvalue weighted by molar-refractivity contribution is 0.0691. The normalized spacial score (nSPS) is 13.2. The molecule has 0 bridgehead atoms. The van der Waals surface area contributed by atoms with Gasteiger partial charge in [-0.25, -0.2) is 36.8 Å². The van der Waals surface area contributed by atoms with Gasteiger partial charge in [0.1, 0.15) is 12.4 Å². The molecule has 1 fully saturated rings. The Kier molecular flexibility index (Phi) is 8.01. The van der Waals surface area contributed by atoms with E-state index in [-0.39, 0.29) is 28.8 Å². The molecule has 0 atom stereocenters. The molecule has 3 N–H and O–H groups in total. The lowest BCUT2D eigenvalue weighted by Gasteiger charge is -2.11. The standard InChI is InChI=1S/C31H26F2N4O5S2/c32-22-8-3-20(4-9-22)16-42-28-15-21(7-12-25(28)33)29-24(13-18-5-10-23(11-6-18)44(34,40)41)27(14-19-1-2-19)37(36-29)31-35-26(17-43-31)30(38)39/h3-12,15,17,19H,1-2,13-14,16H2,(H,38,39)(H2,34,40,41). The van der Waals surface area contributed by atoms with E-state index in [9.17, 15) is 27.1 Å². The van der Waals surface area contributed by atoms with Crippen LogP contribution >= 0.6 is 11.3 Å². The molecule has 2 heterocycles. The number of nitrogens with two attached hydrogens (primary N) is 1. The molecule has 5 aromatic rings. The molecule has 0 spiro atoms. The zero-order chi connectivity index (χ0) is 31.0. The van der Waals surface area contributed by atoms with Gasteiger partial charge in [-0.3, -0.25) is 0 Å². The van der Waals surface area contributed by atoms with Crippen LogP contribution in [0.1, 0.15) is 45.7 Å². The van der Waals surface area contributed by atoms with Crippen LogP contribution in [0, 0.1) is 17.6 Å². The van der Waals surface area contributed by atoms with E-state index in [1.165, 1.54) is 35.7 Å². The number of rotatable bonds is 11. The first kappa shape index (κ1) is 29.6. The van der Waals surface area contributed by atoms with Crippen LogP contribution in [0.3, 0.4) is 0 Å². The van der Waals surface area contributed by atoms with Crippen LogP contribution in [-0.4, -0.2) is 34.3 Å². The highest BCUT2D eigenvalue weighted by Gasteiger charge is 2.29. The summed E-state index contributed by atoms with van der Waals surface area (Å²) in [7, 11) is -3.87. The fourth-order valence-electron chi connectivity index (χ4n) is 4.83. The summed E-state index contributed by atoms with van der Waals surface area (Å²) in [4.78, 5) is 15.9. The van der Waals surface area contributed by atoms with Crippen LogP contribution in [0.15, 0.2) is 77.0 Å². The summed E-state index contributed by atoms with van der Waals surface area (Å²) in [5.41, 5.74) is 4.07. The number of ether oxygens (including phenoxy) is 1. The number of sulfonamides is 1. The van der Waals surface area contributed by atoms with E-state index in [2.05, 4.69) is 4.98 Å². The number of primary sulfonamides is 1. The highest BCUT2D eigenvalue weighted by molar-refractivity contribution is 7.89. The summed E-state index contributed by atoms with van der Waals surface area (Å²) in [5.74, 6) is -1.72. The molecule has 0 saturated heterocycles. The van der Waals surface area contributed by atoms with Gasteiger partial charge in [-0.2, -0.15) is 5.10 Å². The van der Waals surface area contributed by atoms with Crippen LogP contribution in [0.5, 0.6) is 5.75 Å². The Balaban J connectivity index is 1.44. The van der Waals surface area contributed by atoms with Gasteiger partial charge in [0.25, 0.3) is 0 Å². The third-order valence-electron chi connectivity index (χ3n) is 7.31. The van der Waals surface area contributed by atoms with E-state index < -0.39 is 21.8 Å². The number of carbonyl (C=O) groups is 1. The number of aromatic carboxylic acids is 1. The highest BCUT2D eigenvalue weighted by atomic mass is 32.2. The predicted molar refractivity (Wildman–Crippen MR) is 159 cm³/mol. The van der Waals surface area contributed by atoms with Gasteiger partial charge in [-0.15, -0.1) is 11.3 Å². The van der Waals surface area contributed by atoms with E-state index in [4.69, 9.17) is 15.0 Å². The van der Waals surface area contributed by atoms with E-state index >= 15 is 0 Å². The van der Waals surface area contributed by atoms with Crippen LogP contribution in [0.4, 0.5) is 8.78 Å². The lowest BCUT2D eigenvalue weighted by Crippen LogP contribution is -2.12. The zero-order valence-electron chi connectivity index (χ0n) is 23.1. The van der Waals surface area contributed by atoms with Crippen LogP contribution in [0.2, 0.25) is 0 Å². The van der Waals surface area contributed by atoms with Gasteiger partial charge < -0.3 is 9.84 Å². The summed E-state index contributed by atoms with van der Waals surface area (Å²) in [6.07, 6.45) is 3.09. The van der Waals surface area contributed by atoms with Crippen molar-refractivity contribution >= 4 is 27.3 Å². The molecule has 0 unspecified atom stereocenters. The molecule has 1 aliphatic carbocycles. The first-order chi connectivity index (χ1) is 21.0. The number of aromatic nitrogens is 3. The van der Waals surface area contributed by atoms with Crippen molar-refractivity contribution in [1.82, 2.24) is 14.8 Å². The van der Waals surface area contributed by atoms with Gasteiger partial charge in [0.05, 0.1) is 16.3 Å². The number of benzene rings is 3. The van der Waals surface area contributed by atoms with Crippen molar-refractivity contribution in [3.8, 4) is 22.1 Å². The molecule has 1 saturated carbocycles. The predicted octanol–water partition coefficient (Wildman–Crippen LogP) is 5.74. The maximum absolute atomic E-state index is 14.9. The summed E-state index contributed by atoms with van der Waals surface area (Å²) in [6.45, 7) is 0.0162. The Bertz CT molecular complexity index is 1950. The monoisotopic (exact) mass is 636 g/mol. The van der Waals surface area contributed by atoms with Crippen molar-refractivity contribution in [2.45, 2.75) is 37.2 Å². The Labute approximate surface area is 255 Å². The highest BCUT2D eigenvalue weighted by Crippen LogP contribution is 2.39. The molecule has 6 rings (SSSR count). The third-order valence-corrected chi connectivity index (χ3v) is 9.05. The second kappa shape index (κ2) is 11.9. The molecule has 3 aromatic carbocycles. The third kappa shape index (κ3) is 6.54. The van der Waals surface area contributed by atoms with Gasteiger partial charge in [0.2, 0.25) is 15.2 Å². The number of nitrogens with zero attached hydrogens (tertiary/aromatic N) is 3. The fourth-order valence-corrected chi connectivity index (χ4v) is 6.12. The first-order valence-corrected chi connectivity index (χ1v) is 16.1. The SMILES string of the molecule is NS(=O)(=O)c1ccc(Cc2c(-c3ccc(F)c(OCc4ccc(F)cc4)c3)nn(-c3nc(C(=O)O)cs3)c2CC2CC2)cc1. The summed E-state index contributed by atoms with van der Waals surface area (Å²) < 4.78 is 59.3. The molecule has 0 radical (unpaired) electrons. The van der Waals surface area contributed by atoms with E-state index in [1.807, 2.05) is 0 Å². The smallest absolute Gasteiger partial charge is 0.355 e. The average Bonchev–Trinajstić information content (AvgIpc) is 3.55. The van der Waals surface area contributed by atoms with Gasteiger partial charge >= 0.3 is 5.97 Å². The maximum atomic E-state index is 14.9. The topological polar surface area (TPSA) is 137 Å². The minimum absolute atomic E-state index is 0.0131. The number of hydrogen-bond donors (Lipinski definition) is 2. The van der Waals surface area contributed by atoms with Gasteiger partial charge in [0, 0.05) is 22.9 Å². The van der Waals surface area contributed by atoms with Crippen molar-refractivity contribution in [2.75, 3.05) is 0 Å². The van der Waals surface area contributed by atoms with Crippen molar-refractivity contribution < 1.29 is 31.8 Å². The number of hydrogen-bond acceptors (Lipinski definition) is 7. The van der Waals surface area contributed by atoms with Crippen molar-refractivity contribution in [3.63, 3.8) is 0 Å². The van der Waals surface area contributed by atoms with Crippen LogP contribution in [0.25, 0.3) is 16.4 Å². The van der Waals surface area contributed by atoms with Gasteiger partial charge in [-0.1, -0.05) is 24.3 Å². The zero-order valence-corrected chi connectivity index (χ0v) is 24.7. The van der Waals surface area contributed by atoms with Crippen molar-refractivity contribution in [1.29, 1.82) is 0 Å². The fraction of sp³-hybridized carbons (Fsp3) is 0.194. The number of thiazole rings is 1. The maximum Gasteiger partial charge on any atom is 0.355 e. The van der Waals surface area contributed by atoms with Crippen molar-refractivity contribution in [3.05, 3.63) is 112 Å². The molecule has 0 amide bonds. The number of carboxylic acids is 1. The summed E-state index contributed by atoms with van der Waals surface area (Å²) >= 11 is 1.15. The molecule has 44 heavy (non-hydrogen) atoms. The summed E-state index contributed by atoms with van der Waals surface area (Å²) in [5, 5.41) is 21.5. The molecule has 0 aliphatic heterocycles. The number of halogens is 2. The lowest BCUT2D eigenvalue weighted by atomic mass is 9.97. The number of carboxylic acid groups (broad SMARTS) is 1. The minimum Gasteiger partial charge on any atom is -0.486 e. The van der Waals surface area contributed by atoms with E-state index in [1.54, 1.807) is 41.1 Å². The molecular weight excluding hydrogens is 610 g/mol. The van der Waals surface area contributed by atoms with Crippen LogP contribution < -0.4 is 9.88 Å². The minimum atomic E-state index is -3.87. The van der Waals surface area contributed by atoms with Crippen LogP contribution in [-0.2, 0) is 29.5 Å². The van der Waals surface area contributed by atoms with Gasteiger partial charge in [0.15, 0.2) is 17.3 Å². The Morgan fingerprint density at radius 1 is 1.05 bits per heavy atom. The second-order valence-corrected chi connectivity index (χ2v) is 13.0. The molecule has 226 valence electrons. The summed E-state index contributed by atoms with van der Waals surface area (Å²) in [6, 6.07) is 16.4. The largest absolute Gasteiger partial charge is 0.486 e. The molecule has 9 nitrogen and oxygen atoms in total. The molecule has 1 aliphatic rings. The van der Waals surface area contributed by atoms with E-state index in [0.29, 0.717) is 40.7 Å². The van der Waals surface area contributed by atoms with Gasteiger partial charge in [-0.05, 0) is 78.8 Å². The molecular formula is C31H26F2N4O5S2.